The van der Waals surface area contributed by atoms with Gasteiger partial charge in [-0.05, 0) is 37.1 Å². The summed E-state index contributed by atoms with van der Waals surface area (Å²) in [5.74, 6) is 0.954. The molecular formula is C23H24N8O2S. The van der Waals surface area contributed by atoms with Crippen molar-refractivity contribution >= 4 is 34.7 Å². The molecule has 174 valence electrons. The van der Waals surface area contributed by atoms with Gasteiger partial charge in [0.25, 0.3) is 0 Å². The van der Waals surface area contributed by atoms with Gasteiger partial charge in [0.2, 0.25) is 5.91 Å². The maximum absolute atomic E-state index is 12.2. The average Bonchev–Trinajstić information content (AvgIpc) is 3.45. The molecule has 4 aromatic heterocycles. The van der Waals surface area contributed by atoms with Crippen LogP contribution in [0.3, 0.4) is 0 Å². The van der Waals surface area contributed by atoms with Crippen molar-refractivity contribution in [2.75, 3.05) is 12.4 Å². The van der Waals surface area contributed by atoms with Crippen molar-refractivity contribution in [3.8, 4) is 11.4 Å². The molecule has 0 saturated carbocycles. The molecule has 0 aromatic carbocycles. The molecule has 5 rings (SSSR count). The largest absolute Gasteiger partial charge is 0.390 e. The van der Waals surface area contributed by atoms with E-state index in [-0.39, 0.29) is 11.2 Å². The number of carbonyl (C=O) groups excluding carboxylic acids is 1. The minimum Gasteiger partial charge on any atom is -0.390 e. The van der Waals surface area contributed by atoms with Gasteiger partial charge in [0.1, 0.15) is 5.37 Å². The van der Waals surface area contributed by atoms with Crippen LogP contribution >= 0.6 is 11.8 Å². The Morgan fingerprint density at radius 3 is 2.91 bits per heavy atom. The SMILES string of the molecule is CNC(=O)[C@@H]1C[C@@H](O)[C@H](n2cnc3c(NCc4ccccn4)nc(-c4cncc(C)c4)nc32)S1. The molecule has 3 N–H and O–H groups in total. The highest BCUT2D eigenvalue weighted by Gasteiger charge is 2.39. The summed E-state index contributed by atoms with van der Waals surface area (Å²) < 4.78 is 1.83. The Balaban J connectivity index is 1.57. The van der Waals surface area contributed by atoms with Crippen LogP contribution < -0.4 is 10.6 Å². The van der Waals surface area contributed by atoms with E-state index < -0.39 is 11.5 Å². The van der Waals surface area contributed by atoms with Crippen LogP contribution in [0, 0.1) is 6.92 Å². The van der Waals surface area contributed by atoms with Gasteiger partial charge < -0.3 is 15.7 Å². The van der Waals surface area contributed by atoms with Gasteiger partial charge in [-0.25, -0.2) is 15.0 Å². The van der Waals surface area contributed by atoms with Crippen LogP contribution in [0.1, 0.15) is 23.1 Å². The molecule has 0 aliphatic carbocycles. The molecule has 11 heteroatoms. The van der Waals surface area contributed by atoms with Crippen molar-refractivity contribution in [3.63, 3.8) is 0 Å². The first-order valence-corrected chi connectivity index (χ1v) is 11.8. The van der Waals surface area contributed by atoms with Crippen LogP contribution in [0.5, 0.6) is 0 Å². The molecule has 1 amide bonds. The third-order valence-corrected chi connectivity index (χ3v) is 7.17. The Morgan fingerprint density at radius 2 is 2.15 bits per heavy atom. The minimum atomic E-state index is -0.714. The van der Waals surface area contributed by atoms with Crippen molar-refractivity contribution in [1.82, 2.24) is 34.8 Å². The van der Waals surface area contributed by atoms with Crippen LogP contribution in [-0.4, -0.2) is 58.9 Å². The highest BCUT2D eigenvalue weighted by atomic mass is 32.2. The second-order valence-corrected chi connectivity index (χ2v) is 9.40. The van der Waals surface area contributed by atoms with E-state index in [4.69, 9.17) is 9.97 Å². The summed E-state index contributed by atoms with van der Waals surface area (Å²) in [5, 5.41) is 16.0. The Bertz CT molecular complexity index is 1330. The summed E-state index contributed by atoms with van der Waals surface area (Å²) in [6, 6.07) is 7.70. The Kier molecular flexibility index (Phi) is 6.12. The number of imidazole rings is 1. The summed E-state index contributed by atoms with van der Waals surface area (Å²) >= 11 is 1.40. The molecule has 0 radical (unpaired) electrons. The predicted molar refractivity (Wildman–Crippen MR) is 130 cm³/mol. The zero-order valence-electron chi connectivity index (χ0n) is 18.7. The van der Waals surface area contributed by atoms with Crippen LogP contribution in [-0.2, 0) is 11.3 Å². The number of nitrogens with zero attached hydrogens (tertiary/aromatic N) is 6. The van der Waals surface area contributed by atoms with E-state index >= 15 is 0 Å². The number of nitrogens with one attached hydrogen (secondary N) is 2. The first-order valence-electron chi connectivity index (χ1n) is 10.9. The molecule has 1 saturated heterocycles. The highest BCUT2D eigenvalue weighted by Crippen LogP contribution is 2.43. The zero-order valence-corrected chi connectivity index (χ0v) is 19.5. The van der Waals surface area contributed by atoms with Crippen molar-refractivity contribution in [2.24, 2.45) is 0 Å². The van der Waals surface area contributed by atoms with E-state index in [1.54, 1.807) is 32.0 Å². The maximum Gasteiger partial charge on any atom is 0.233 e. The van der Waals surface area contributed by atoms with Gasteiger partial charge in [0.05, 0.1) is 29.9 Å². The molecule has 0 unspecified atom stereocenters. The standard InChI is InChI=1S/C23H24N8O2S/c1-13-7-14(10-25-9-13)19-29-20(27-11-15-5-3-4-6-26-15)18-21(30-19)31(12-28-18)23-16(32)8-17(34-23)22(33)24-2/h3-7,9-10,12,16-17,23,32H,8,11H2,1-2H3,(H,24,33)(H,27,29,30)/t16-,17+,23-/m1/s1. The first-order chi connectivity index (χ1) is 16.5. The van der Waals surface area contributed by atoms with Crippen molar-refractivity contribution in [2.45, 2.75) is 36.6 Å². The molecule has 1 aliphatic rings. The topological polar surface area (TPSA) is 131 Å². The number of thioether (sulfide) groups is 1. The Hall–Kier alpha value is -3.57. The number of aryl methyl sites for hydroxylation is 1. The number of hydrogen-bond acceptors (Lipinski definition) is 9. The van der Waals surface area contributed by atoms with Crippen molar-refractivity contribution in [1.29, 1.82) is 0 Å². The fourth-order valence-electron chi connectivity index (χ4n) is 3.94. The number of rotatable bonds is 6. The predicted octanol–water partition coefficient (Wildman–Crippen LogP) is 2.31. The number of aliphatic hydroxyl groups excluding tert-OH is 1. The number of aromatic nitrogens is 6. The fourth-order valence-corrected chi connectivity index (χ4v) is 5.40. The molecule has 34 heavy (non-hydrogen) atoms. The molecule has 4 aromatic rings. The molecule has 1 aliphatic heterocycles. The van der Waals surface area contributed by atoms with Crippen LogP contribution in [0.2, 0.25) is 0 Å². The smallest absolute Gasteiger partial charge is 0.233 e. The first kappa shape index (κ1) is 22.2. The lowest BCUT2D eigenvalue weighted by Crippen LogP contribution is -2.28. The molecule has 10 nitrogen and oxygen atoms in total. The number of carbonyl (C=O) groups is 1. The molecule has 0 spiro atoms. The van der Waals surface area contributed by atoms with Gasteiger partial charge in [-0.3, -0.25) is 19.3 Å². The normalized spacial score (nSPS) is 19.9. The number of fused-ring (bicyclic) bond motifs is 1. The van der Waals surface area contributed by atoms with E-state index in [1.807, 2.05) is 35.8 Å². The maximum atomic E-state index is 12.2. The summed E-state index contributed by atoms with van der Waals surface area (Å²) in [6.07, 6.45) is 6.53. The minimum absolute atomic E-state index is 0.102. The van der Waals surface area contributed by atoms with Gasteiger partial charge in [-0.15, -0.1) is 11.8 Å². The summed E-state index contributed by atoms with van der Waals surface area (Å²) in [4.78, 5) is 34.9. The number of anilines is 1. The van der Waals surface area contributed by atoms with Gasteiger partial charge in [0.15, 0.2) is 22.8 Å². The molecular weight excluding hydrogens is 452 g/mol. The van der Waals surface area contributed by atoms with Gasteiger partial charge in [0, 0.05) is 31.2 Å². The van der Waals surface area contributed by atoms with Crippen LogP contribution in [0.4, 0.5) is 5.82 Å². The average molecular weight is 477 g/mol. The van der Waals surface area contributed by atoms with Crippen LogP contribution in [0.25, 0.3) is 22.6 Å². The molecule has 5 heterocycles. The second kappa shape index (κ2) is 9.35. The van der Waals surface area contributed by atoms with E-state index in [1.165, 1.54) is 11.8 Å². The monoisotopic (exact) mass is 476 g/mol. The molecule has 3 atom stereocenters. The summed E-state index contributed by atoms with van der Waals surface area (Å²) in [7, 11) is 1.60. The molecule has 1 fully saturated rings. The lowest BCUT2D eigenvalue weighted by molar-refractivity contribution is -0.120. The lowest BCUT2D eigenvalue weighted by Gasteiger charge is -2.16. The van der Waals surface area contributed by atoms with Crippen molar-refractivity contribution in [3.05, 3.63) is 60.4 Å². The molecule has 0 bridgehead atoms. The third-order valence-electron chi connectivity index (χ3n) is 5.62. The van der Waals surface area contributed by atoms with E-state index in [2.05, 4.69) is 25.6 Å². The number of amides is 1. The quantitative estimate of drug-likeness (QED) is 0.384. The summed E-state index contributed by atoms with van der Waals surface area (Å²) in [5.41, 5.74) is 3.79. The fraction of sp³-hybridized carbons (Fsp3) is 0.304. The highest BCUT2D eigenvalue weighted by molar-refractivity contribution is 8.01. The lowest BCUT2D eigenvalue weighted by atomic mass is 10.2. The number of aliphatic hydroxyl groups is 1. The van der Waals surface area contributed by atoms with E-state index in [9.17, 15) is 9.90 Å². The number of hydrogen-bond donors (Lipinski definition) is 3. The van der Waals surface area contributed by atoms with E-state index in [0.717, 1.165) is 16.8 Å². The van der Waals surface area contributed by atoms with Gasteiger partial charge in [-0.2, -0.15) is 0 Å². The van der Waals surface area contributed by atoms with E-state index in [0.29, 0.717) is 35.8 Å². The van der Waals surface area contributed by atoms with Crippen molar-refractivity contribution < 1.29 is 9.90 Å². The summed E-state index contributed by atoms with van der Waals surface area (Å²) in [6.45, 7) is 2.43. The van der Waals surface area contributed by atoms with Gasteiger partial charge >= 0.3 is 0 Å². The Labute approximate surface area is 200 Å². The van der Waals surface area contributed by atoms with Gasteiger partial charge in [-0.1, -0.05) is 6.07 Å². The third kappa shape index (κ3) is 4.31. The Morgan fingerprint density at radius 1 is 1.26 bits per heavy atom. The number of pyridine rings is 2. The van der Waals surface area contributed by atoms with Crippen LogP contribution in [0.15, 0.2) is 49.2 Å². The zero-order chi connectivity index (χ0) is 23.7. The second-order valence-electron chi connectivity index (χ2n) is 8.08.